The minimum Gasteiger partial charge on any atom is -0.469 e. The quantitative estimate of drug-likeness (QED) is 0.373. The minimum atomic E-state index is -0.969. The molecule has 2 rings (SSSR count). The fraction of sp³-hybridized carbons (Fsp3) is 0.682. The minimum absolute atomic E-state index is 0.0849. The summed E-state index contributed by atoms with van der Waals surface area (Å²) in [4.78, 5) is 36.4. The number of methoxy groups -OCH3 is 1. The van der Waals surface area contributed by atoms with Crippen LogP contribution in [0.5, 0.6) is 0 Å². The van der Waals surface area contributed by atoms with Gasteiger partial charge in [-0.1, -0.05) is 27.0 Å². The molecule has 0 aromatic carbocycles. The molecule has 9 unspecified atom stereocenters. The van der Waals surface area contributed by atoms with Crippen molar-refractivity contribution in [3.05, 3.63) is 25.3 Å². The number of hydrogen-bond donors (Lipinski definition) is 2. The van der Waals surface area contributed by atoms with E-state index in [-0.39, 0.29) is 30.6 Å². The first kappa shape index (κ1) is 24.1. The fourth-order valence-corrected chi connectivity index (χ4v) is 5.10. The zero-order valence-electron chi connectivity index (χ0n) is 17.7. The largest absolute Gasteiger partial charge is 0.469 e. The zero-order valence-corrected chi connectivity index (χ0v) is 17.7. The third-order valence-electron chi connectivity index (χ3n) is 6.50. The third kappa shape index (κ3) is 5.10. The number of carbonyl (C=O) groups excluding carboxylic acids is 3. The van der Waals surface area contributed by atoms with Gasteiger partial charge < -0.3 is 24.4 Å². The summed E-state index contributed by atoms with van der Waals surface area (Å²) in [7, 11) is 1.30. The number of hydrogen-bond acceptors (Lipinski definition) is 8. The number of carbonyl (C=O) groups is 3. The molecule has 0 saturated heterocycles. The molecule has 0 spiro atoms. The molecule has 0 amide bonds. The van der Waals surface area contributed by atoms with E-state index < -0.39 is 54.2 Å². The average Bonchev–Trinajstić information content (AvgIpc) is 2.70. The Bertz CT molecular complexity index is 674. The van der Waals surface area contributed by atoms with E-state index in [0.717, 1.165) is 12.2 Å². The fourth-order valence-electron chi connectivity index (χ4n) is 5.10. The number of aliphatic hydroxyl groups excluding tert-OH is 2. The monoisotopic (exact) mass is 424 g/mol. The molecule has 2 aliphatic rings. The first-order chi connectivity index (χ1) is 14.1. The van der Waals surface area contributed by atoms with Crippen molar-refractivity contribution in [1.29, 1.82) is 0 Å². The molecule has 0 radical (unpaired) electrons. The van der Waals surface area contributed by atoms with Crippen LogP contribution in [0.25, 0.3) is 0 Å². The van der Waals surface area contributed by atoms with Gasteiger partial charge in [0.1, 0.15) is 12.2 Å². The van der Waals surface area contributed by atoms with Crippen molar-refractivity contribution in [2.45, 2.75) is 57.5 Å². The predicted octanol–water partition coefficient (Wildman–Crippen LogP) is 1.40. The van der Waals surface area contributed by atoms with Crippen molar-refractivity contribution < 1.29 is 38.8 Å². The molecule has 2 fully saturated rings. The van der Waals surface area contributed by atoms with Crippen molar-refractivity contribution in [3.63, 3.8) is 0 Å². The van der Waals surface area contributed by atoms with E-state index >= 15 is 0 Å². The summed E-state index contributed by atoms with van der Waals surface area (Å²) in [6, 6.07) is 0. The molecule has 2 N–H and O–H groups in total. The molecule has 8 nitrogen and oxygen atoms in total. The van der Waals surface area contributed by atoms with Crippen LogP contribution in [-0.2, 0) is 28.6 Å². The zero-order chi connectivity index (χ0) is 22.6. The first-order valence-electron chi connectivity index (χ1n) is 10.2. The Morgan fingerprint density at radius 2 is 1.47 bits per heavy atom. The van der Waals surface area contributed by atoms with Crippen LogP contribution in [0.1, 0.15) is 33.1 Å². The van der Waals surface area contributed by atoms with E-state index in [2.05, 4.69) is 13.2 Å². The highest BCUT2D eigenvalue weighted by atomic mass is 16.6. The van der Waals surface area contributed by atoms with Crippen molar-refractivity contribution in [2.24, 2.45) is 29.6 Å². The van der Waals surface area contributed by atoms with Gasteiger partial charge in [0.25, 0.3) is 0 Å². The molecular weight excluding hydrogens is 392 g/mol. The van der Waals surface area contributed by atoms with E-state index in [1.807, 2.05) is 13.8 Å². The molecule has 8 heteroatoms. The van der Waals surface area contributed by atoms with Gasteiger partial charge in [-0.05, 0) is 37.0 Å². The maximum atomic E-state index is 12.7. The lowest BCUT2D eigenvalue weighted by molar-refractivity contribution is -0.190. The van der Waals surface area contributed by atoms with Crippen LogP contribution in [0, 0.1) is 29.6 Å². The smallest absolute Gasteiger partial charge is 0.330 e. The summed E-state index contributed by atoms with van der Waals surface area (Å²) in [6.45, 7) is 10.6. The highest BCUT2D eigenvalue weighted by Crippen LogP contribution is 2.48. The Kier molecular flexibility index (Phi) is 8.20. The lowest BCUT2D eigenvalue weighted by Crippen LogP contribution is -2.56. The number of rotatable bonds is 6. The van der Waals surface area contributed by atoms with Crippen LogP contribution < -0.4 is 0 Å². The molecule has 30 heavy (non-hydrogen) atoms. The van der Waals surface area contributed by atoms with Gasteiger partial charge in [0.05, 0.1) is 25.2 Å². The summed E-state index contributed by atoms with van der Waals surface area (Å²) >= 11 is 0. The van der Waals surface area contributed by atoms with Gasteiger partial charge >= 0.3 is 17.9 Å². The van der Waals surface area contributed by atoms with Crippen molar-refractivity contribution in [2.75, 3.05) is 7.11 Å². The van der Waals surface area contributed by atoms with E-state index in [1.54, 1.807) is 0 Å². The SMILES string of the molecule is C=CC(=O)OC1CC(C2C(OC(=O)C=C)C(O)CC(C)C2C(=O)OC)C(C)CC1O. The van der Waals surface area contributed by atoms with Crippen molar-refractivity contribution in [1.82, 2.24) is 0 Å². The molecule has 0 bridgehead atoms. The van der Waals surface area contributed by atoms with E-state index in [0.29, 0.717) is 6.42 Å². The molecule has 0 aliphatic heterocycles. The topological polar surface area (TPSA) is 119 Å². The van der Waals surface area contributed by atoms with Crippen LogP contribution in [0.4, 0.5) is 0 Å². The van der Waals surface area contributed by atoms with E-state index in [9.17, 15) is 24.6 Å². The summed E-state index contributed by atoms with van der Waals surface area (Å²) in [6.07, 6.45) is -0.688. The van der Waals surface area contributed by atoms with Crippen LogP contribution in [0.3, 0.4) is 0 Å². The Morgan fingerprint density at radius 1 is 0.900 bits per heavy atom. The van der Waals surface area contributed by atoms with E-state index in [4.69, 9.17) is 14.2 Å². The predicted molar refractivity (Wildman–Crippen MR) is 107 cm³/mol. The van der Waals surface area contributed by atoms with Crippen LogP contribution in [0.2, 0.25) is 0 Å². The molecule has 0 aromatic heterocycles. The molecule has 2 saturated carbocycles. The second kappa shape index (κ2) is 10.2. The van der Waals surface area contributed by atoms with Gasteiger partial charge in [0, 0.05) is 18.1 Å². The summed E-state index contributed by atoms with van der Waals surface area (Å²) in [5.41, 5.74) is 0. The van der Waals surface area contributed by atoms with Gasteiger partial charge in [0.2, 0.25) is 0 Å². The van der Waals surface area contributed by atoms with E-state index in [1.165, 1.54) is 7.11 Å². The van der Waals surface area contributed by atoms with Crippen LogP contribution in [-0.4, -0.2) is 59.6 Å². The van der Waals surface area contributed by atoms with Crippen molar-refractivity contribution in [3.8, 4) is 0 Å². The lowest BCUT2D eigenvalue weighted by atomic mass is 9.59. The standard InChI is InChI=1S/C22H32O8/c1-6-17(25)29-16-10-13(11(3)8-14(16)23)20-19(22(27)28-5)12(4)9-15(24)21(20)30-18(26)7-2/h6-7,11-16,19-21,23-24H,1-2,8-10H2,3-5H3. The maximum absolute atomic E-state index is 12.7. The number of aliphatic hydroxyl groups is 2. The molecule has 168 valence electrons. The number of esters is 3. The Labute approximate surface area is 176 Å². The molecule has 2 aliphatic carbocycles. The molecular formula is C22H32O8. The van der Waals surface area contributed by atoms with Gasteiger partial charge in [-0.2, -0.15) is 0 Å². The Morgan fingerprint density at radius 3 is 2.03 bits per heavy atom. The summed E-state index contributed by atoms with van der Waals surface area (Å²) in [5.74, 6) is -3.57. The lowest BCUT2D eigenvalue weighted by Gasteiger charge is -2.50. The summed E-state index contributed by atoms with van der Waals surface area (Å²) < 4.78 is 15.9. The maximum Gasteiger partial charge on any atom is 0.330 e. The Hall–Kier alpha value is -2.19. The highest BCUT2D eigenvalue weighted by Gasteiger charge is 2.54. The molecule has 9 atom stereocenters. The summed E-state index contributed by atoms with van der Waals surface area (Å²) in [5, 5.41) is 21.2. The normalized spacial score (nSPS) is 38.8. The number of ether oxygens (including phenoxy) is 3. The molecule has 0 aromatic rings. The molecule has 0 heterocycles. The third-order valence-corrected chi connectivity index (χ3v) is 6.50. The van der Waals surface area contributed by atoms with Crippen LogP contribution >= 0.6 is 0 Å². The second-order valence-electron chi connectivity index (χ2n) is 8.37. The van der Waals surface area contributed by atoms with Crippen LogP contribution in [0.15, 0.2) is 25.3 Å². The Balaban J connectivity index is 2.44. The van der Waals surface area contributed by atoms with Gasteiger partial charge in [-0.3, -0.25) is 4.79 Å². The van der Waals surface area contributed by atoms with Gasteiger partial charge in [0.15, 0.2) is 0 Å². The first-order valence-corrected chi connectivity index (χ1v) is 10.2. The van der Waals surface area contributed by atoms with Gasteiger partial charge in [-0.25, -0.2) is 9.59 Å². The average molecular weight is 424 g/mol. The van der Waals surface area contributed by atoms with Gasteiger partial charge in [-0.15, -0.1) is 0 Å². The second-order valence-corrected chi connectivity index (χ2v) is 8.37. The van der Waals surface area contributed by atoms with Crippen molar-refractivity contribution >= 4 is 17.9 Å². The highest BCUT2D eigenvalue weighted by molar-refractivity contribution is 5.82.